The van der Waals surface area contributed by atoms with Gasteiger partial charge < -0.3 is 0 Å². The molecule has 0 heterocycles. The van der Waals surface area contributed by atoms with Crippen LogP contribution in [0.25, 0.3) is 0 Å². The number of allylic oxidation sites excluding steroid dienone is 2. The van der Waals surface area contributed by atoms with Gasteiger partial charge in [0, 0.05) is 5.57 Å². The van der Waals surface area contributed by atoms with E-state index in [1.54, 1.807) is 0 Å². The zero-order chi connectivity index (χ0) is 23.4. The average Bonchev–Trinajstić information content (AvgIpc) is 2.30. The fourth-order valence-electron chi connectivity index (χ4n) is 2.10. The third-order valence-electron chi connectivity index (χ3n) is 3.14. The fraction of sp³-hybridized carbons (Fsp3) is 0.818. The van der Waals surface area contributed by atoms with Gasteiger partial charge in [-0.25, -0.2) is 8.78 Å². The first-order valence-corrected chi connectivity index (χ1v) is 6.17. The van der Waals surface area contributed by atoms with Crippen LogP contribution in [0, 0.1) is 0 Å². The van der Waals surface area contributed by atoms with E-state index in [4.69, 9.17) is 0 Å². The van der Waals surface area contributed by atoms with Crippen LogP contribution in [0.3, 0.4) is 0 Å². The second-order valence-corrected chi connectivity index (χ2v) is 5.26. The lowest BCUT2D eigenvalue weighted by molar-refractivity contribution is -0.364. The summed E-state index contributed by atoms with van der Waals surface area (Å²) in [6, 6.07) is 0. The molecule has 0 amide bonds. The van der Waals surface area contributed by atoms with Crippen molar-refractivity contribution in [3.05, 3.63) is 11.1 Å². The van der Waals surface area contributed by atoms with Gasteiger partial charge in [-0.05, 0) is 6.92 Å². The molecule has 0 saturated carbocycles. The van der Waals surface area contributed by atoms with Gasteiger partial charge in [-0.15, -0.1) is 0 Å². The van der Waals surface area contributed by atoms with E-state index >= 15 is 0 Å². The van der Waals surface area contributed by atoms with Crippen molar-refractivity contribution in [3.63, 3.8) is 0 Å². The van der Waals surface area contributed by atoms with Crippen LogP contribution in [0.2, 0.25) is 0 Å². The van der Waals surface area contributed by atoms with E-state index < -0.39 is 66.7 Å². The van der Waals surface area contributed by atoms with Gasteiger partial charge in [-0.1, -0.05) is 5.57 Å². The smallest absolute Gasteiger partial charge is 0.218 e. The van der Waals surface area contributed by atoms with E-state index in [2.05, 4.69) is 0 Å². The molecule has 0 aromatic heterocycles. The summed E-state index contributed by atoms with van der Waals surface area (Å²) in [5.74, 6) is 0. The van der Waals surface area contributed by atoms with Gasteiger partial charge >= 0.3 is 42.2 Å². The molecule has 0 aliphatic rings. The first-order valence-electron chi connectivity index (χ1n) is 6.17. The van der Waals surface area contributed by atoms with Crippen LogP contribution in [-0.2, 0) is 0 Å². The normalized spacial score (nSPS) is 15.6. The Hall–Kier alpha value is -1.45. The van der Waals surface area contributed by atoms with Gasteiger partial charge in [0.2, 0.25) is 0 Å². The Labute approximate surface area is 143 Å². The van der Waals surface area contributed by atoms with Crippen LogP contribution in [-0.4, -0.2) is 42.2 Å². The quantitative estimate of drug-likeness (QED) is 0.317. The average molecular weight is 460 g/mol. The Bertz CT molecular complexity index is 521. The third kappa shape index (κ3) is 4.41. The van der Waals surface area contributed by atoms with Crippen molar-refractivity contribution in [3.8, 4) is 0 Å². The van der Waals surface area contributed by atoms with Gasteiger partial charge in [0.15, 0.2) is 0 Å². The molecule has 0 bridgehead atoms. The van der Waals surface area contributed by atoms with Gasteiger partial charge in [-0.2, -0.15) is 65.9 Å². The van der Waals surface area contributed by atoms with Crippen molar-refractivity contribution in [2.24, 2.45) is 0 Å². The number of halogens is 17. The predicted octanol–water partition coefficient (Wildman–Crippen LogP) is 6.92. The highest BCUT2D eigenvalue weighted by molar-refractivity contribution is 5.40. The molecule has 0 atom stereocenters. The molecule has 0 unspecified atom stereocenters. The maximum absolute atomic E-state index is 13.9. The summed E-state index contributed by atoms with van der Waals surface area (Å²) < 4.78 is 216. The summed E-state index contributed by atoms with van der Waals surface area (Å²) in [6.07, 6.45) is -40.4. The molecule has 0 rings (SSSR count). The van der Waals surface area contributed by atoms with Gasteiger partial charge in [-0.3, -0.25) is 0 Å². The Morgan fingerprint density at radius 3 is 0.821 bits per heavy atom. The predicted molar refractivity (Wildman–Crippen MR) is 55.3 cm³/mol. The Morgan fingerprint density at radius 1 is 0.464 bits per heavy atom. The molecule has 0 aromatic carbocycles. The number of hydrogen-bond donors (Lipinski definition) is 0. The minimum Gasteiger partial charge on any atom is -0.218 e. The molecule has 0 aromatic rings. The van der Waals surface area contributed by atoms with Crippen LogP contribution in [0.4, 0.5) is 74.6 Å². The van der Waals surface area contributed by atoms with Crippen molar-refractivity contribution >= 4 is 0 Å². The van der Waals surface area contributed by atoms with Crippen molar-refractivity contribution < 1.29 is 74.6 Å². The van der Waals surface area contributed by atoms with E-state index in [1.807, 2.05) is 0 Å². The topological polar surface area (TPSA) is 0 Å². The van der Waals surface area contributed by atoms with Gasteiger partial charge in [0.25, 0.3) is 0 Å². The summed E-state index contributed by atoms with van der Waals surface area (Å²) in [7, 11) is 0. The van der Waals surface area contributed by atoms with Gasteiger partial charge in [0.05, 0.1) is 6.42 Å². The third-order valence-corrected chi connectivity index (χ3v) is 3.14. The highest BCUT2D eigenvalue weighted by Gasteiger charge is 2.86. The number of alkyl halides is 17. The summed E-state index contributed by atoms with van der Waals surface area (Å²) >= 11 is 0. The van der Waals surface area contributed by atoms with E-state index in [0.717, 1.165) is 0 Å². The highest BCUT2D eigenvalue weighted by Crippen LogP contribution is 2.62. The summed E-state index contributed by atoms with van der Waals surface area (Å²) in [5.41, 5.74) is -23.5. The van der Waals surface area contributed by atoms with Crippen molar-refractivity contribution in [1.29, 1.82) is 0 Å². The van der Waals surface area contributed by atoms with Crippen molar-refractivity contribution in [2.75, 3.05) is 0 Å². The molecule has 0 nitrogen and oxygen atoms in total. The molecule has 0 saturated heterocycles. The zero-order valence-electron chi connectivity index (χ0n) is 12.6. The summed E-state index contributed by atoms with van der Waals surface area (Å²) in [6.45, 7) is -0.763. The monoisotopic (exact) mass is 460 g/mol. The molecule has 0 aliphatic heterocycles. The number of rotatable bonds is 3. The minimum atomic E-state index is -7.75. The molecular weight excluding hydrogens is 455 g/mol. The SMILES string of the molecule is CC(CC(F)(F)F)=C(C(F)(C(F)(F)F)C(F)(F)F)C(F)(C(F)(F)F)C(F)(F)F. The van der Waals surface area contributed by atoms with Crippen LogP contribution < -0.4 is 0 Å². The van der Waals surface area contributed by atoms with Crippen LogP contribution in [0.1, 0.15) is 13.3 Å². The largest absolute Gasteiger partial charge is 0.435 e. The first-order chi connectivity index (χ1) is 11.7. The molecule has 168 valence electrons. The molecule has 28 heavy (non-hydrogen) atoms. The van der Waals surface area contributed by atoms with Crippen LogP contribution in [0.5, 0.6) is 0 Å². The Balaban J connectivity index is 7.67. The van der Waals surface area contributed by atoms with E-state index in [9.17, 15) is 74.6 Å². The van der Waals surface area contributed by atoms with E-state index in [-0.39, 0.29) is 0 Å². The second-order valence-electron chi connectivity index (χ2n) is 5.26. The molecule has 0 N–H and O–H groups in total. The highest BCUT2D eigenvalue weighted by atomic mass is 19.4. The second kappa shape index (κ2) is 6.81. The van der Waals surface area contributed by atoms with Crippen molar-refractivity contribution in [1.82, 2.24) is 0 Å². The molecule has 0 radical (unpaired) electrons. The lowest BCUT2D eigenvalue weighted by Gasteiger charge is -2.41. The Kier molecular flexibility index (Phi) is 6.46. The molecule has 0 aliphatic carbocycles. The molecular formula is C11H5F17. The van der Waals surface area contributed by atoms with Crippen molar-refractivity contribution in [2.45, 2.75) is 55.6 Å². The summed E-state index contributed by atoms with van der Waals surface area (Å²) in [4.78, 5) is 0. The molecule has 0 fully saturated rings. The first kappa shape index (κ1) is 26.6. The fourth-order valence-corrected chi connectivity index (χ4v) is 2.10. The lowest BCUT2D eigenvalue weighted by Crippen LogP contribution is -2.66. The maximum atomic E-state index is 13.9. The zero-order valence-corrected chi connectivity index (χ0v) is 12.6. The molecule has 0 spiro atoms. The lowest BCUT2D eigenvalue weighted by atomic mass is 9.77. The standard InChI is InChI=1S/C11H5F17/c1-3(2-5(12,13)14)4(6(15,8(17,18)19)9(20,21)22)7(16,10(23,24)25)11(26,27)28/h2H2,1H3. The van der Waals surface area contributed by atoms with Gasteiger partial charge in [0.1, 0.15) is 0 Å². The van der Waals surface area contributed by atoms with Crippen LogP contribution in [0.15, 0.2) is 11.1 Å². The maximum Gasteiger partial charge on any atom is 0.435 e. The minimum absolute atomic E-state index is 0.763. The van der Waals surface area contributed by atoms with E-state index in [0.29, 0.717) is 0 Å². The number of hydrogen-bond acceptors (Lipinski definition) is 0. The Morgan fingerprint density at radius 2 is 0.679 bits per heavy atom. The van der Waals surface area contributed by atoms with E-state index in [1.165, 1.54) is 0 Å². The summed E-state index contributed by atoms with van der Waals surface area (Å²) in [5, 5.41) is 0. The van der Waals surface area contributed by atoms with Crippen LogP contribution >= 0.6 is 0 Å². The molecule has 17 heteroatoms.